The molecule has 1 aliphatic rings. The van der Waals surface area contributed by atoms with E-state index in [0.717, 1.165) is 11.1 Å². The minimum Gasteiger partial charge on any atom is -0.349 e. The number of nitrogens with one attached hydrogen (secondary N) is 2. The Hall–Kier alpha value is -3.93. The molecular formula is C27H27N3O3. The third-order valence-electron chi connectivity index (χ3n) is 5.88. The van der Waals surface area contributed by atoms with Crippen molar-refractivity contribution in [3.8, 4) is 0 Å². The van der Waals surface area contributed by atoms with Crippen molar-refractivity contribution in [2.24, 2.45) is 5.92 Å². The van der Waals surface area contributed by atoms with Crippen molar-refractivity contribution in [3.05, 3.63) is 95.6 Å². The highest BCUT2D eigenvalue weighted by molar-refractivity contribution is 6.06. The Kier molecular flexibility index (Phi) is 6.54. The van der Waals surface area contributed by atoms with Gasteiger partial charge in [-0.3, -0.25) is 14.4 Å². The van der Waals surface area contributed by atoms with E-state index in [1.807, 2.05) is 68.4 Å². The molecule has 1 saturated heterocycles. The molecule has 1 fully saturated rings. The first-order chi connectivity index (χ1) is 15.9. The quantitative estimate of drug-likeness (QED) is 0.592. The van der Waals surface area contributed by atoms with Gasteiger partial charge >= 0.3 is 0 Å². The summed E-state index contributed by atoms with van der Waals surface area (Å²) in [7, 11) is 0. The van der Waals surface area contributed by atoms with Gasteiger partial charge in [0.1, 0.15) is 0 Å². The second kappa shape index (κ2) is 9.69. The van der Waals surface area contributed by atoms with E-state index in [2.05, 4.69) is 10.6 Å². The highest BCUT2D eigenvalue weighted by Crippen LogP contribution is 2.27. The average Bonchev–Trinajstić information content (AvgIpc) is 3.23. The Morgan fingerprint density at radius 2 is 1.70 bits per heavy atom. The van der Waals surface area contributed by atoms with E-state index >= 15 is 0 Å². The van der Waals surface area contributed by atoms with Crippen molar-refractivity contribution in [1.29, 1.82) is 0 Å². The van der Waals surface area contributed by atoms with Crippen LogP contribution in [0.5, 0.6) is 0 Å². The molecule has 3 aromatic rings. The fraction of sp³-hybridized carbons (Fsp3) is 0.222. The summed E-state index contributed by atoms with van der Waals surface area (Å²) < 4.78 is 0. The lowest BCUT2D eigenvalue weighted by atomic mass is 10.1. The molecule has 2 N–H and O–H groups in total. The van der Waals surface area contributed by atoms with Crippen LogP contribution in [0.3, 0.4) is 0 Å². The molecule has 33 heavy (non-hydrogen) atoms. The number of benzene rings is 3. The molecule has 0 radical (unpaired) electrons. The lowest BCUT2D eigenvalue weighted by Gasteiger charge is -2.19. The van der Waals surface area contributed by atoms with Crippen molar-refractivity contribution in [2.45, 2.75) is 26.3 Å². The predicted molar refractivity (Wildman–Crippen MR) is 129 cm³/mol. The minimum absolute atomic E-state index is 0.126. The van der Waals surface area contributed by atoms with E-state index < -0.39 is 5.92 Å². The molecule has 1 heterocycles. The molecule has 1 aliphatic heterocycles. The summed E-state index contributed by atoms with van der Waals surface area (Å²) in [6.45, 7) is 4.20. The first-order valence-corrected chi connectivity index (χ1v) is 11.0. The molecule has 0 spiro atoms. The maximum absolute atomic E-state index is 12.8. The van der Waals surface area contributed by atoms with Crippen molar-refractivity contribution >= 4 is 29.1 Å². The topological polar surface area (TPSA) is 78.5 Å². The van der Waals surface area contributed by atoms with E-state index in [0.29, 0.717) is 16.9 Å². The van der Waals surface area contributed by atoms with Gasteiger partial charge in [0.05, 0.1) is 12.0 Å². The number of hydrogen-bond acceptors (Lipinski definition) is 3. The van der Waals surface area contributed by atoms with Crippen LogP contribution >= 0.6 is 0 Å². The Morgan fingerprint density at radius 3 is 2.42 bits per heavy atom. The number of rotatable bonds is 6. The molecule has 6 heteroatoms. The van der Waals surface area contributed by atoms with Crippen molar-refractivity contribution in [1.82, 2.24) is 5.32 Å². The third-order valence-corrected chi connectivity index (χ3v) is 5.88. The van der Waals surface area contributed by atoms with Crippen LogP contribution in [0.25, 0.3) is 0 Å². The van der Waals surface area contributed by atoms with E-state index in [1.165, 1.54) is 0 Å². The van der Waals surface area contributed by atoms with Gasteiger partial charge < -0.3 is 15.5 Å². The molecular weight excluding hydrogens is 414 g/mol. The highest BCUT2D eigenvalue weighted by atomic mass is 16.2. The van der Waals surface area contributed by atoms with Crippen LogP contribution in [0.4, 0.5) is 11.4 Å². The molecule has 6 nitrogen and oxygen atoms in total. The number of nitrogens with zero attached hydrogens (tertiary/aromatic N) is 1. The van der Waals surface area contributed by atoms with Gasteiger partial charge in [-0.1, -0.05) is 54.1 Å². The number of carbonyl (C=O) groups is 3. The van der Waals surface area contributed by atoms with E-state index in [1.54, 1.807) is 29.2 Å². The van der Waals surface area contributed by atoms with Gasteiger partial charge in [-0.25, -0.2) is 0 Å². The second-order valence-corrected chi connectivity index (χ2v) is 8.42. The zero-order chi connectivity index (χ0) is 23.4. The fourth-order valence-electron chi connectivity index (χ4n) is 3.94. The average molecular weight is 442 g/mol. The molecule has 0 aromatic heterocycles. The summed E-state index contributed by atoms with van der Waals surface area (Å²) in [5.41, 5.74) is 3.89. The summed E-state index contributed by atoms with van der Waals surface area (Å²) in [6.07, 6.45) is 0.146. The van der Waals surface area contributed by atoms with E-state index in [4.69, 9.17) is 0 Å². The van der Waals surface area contributed by atoms with Gasteiger partial charge in [-0.15, -0.1) is 0 Å². The Bertz CT molecular complexity index is 1160. The van der Waals surface area contributed by atoms with Crippen molar-refractivity contribution in [2.75, 3.05) is 16.8 Å². The van der Waals surface area contributed by atoms with Crippen LogP contribution in [-0.4, -0.2) is 24.3 Å². The van der Waals surface area contributed by atoms with Crippen LogP contribution in [-0.2, 0) is 9.59 Å². The molecule has 0 aliphatic carbocycles. The zero-order valence-electron chi connectivity index (χ0n) is 18.7. The summed E-state index contributed by atoms with van der Waals surface area (Å²) in [5, 5.41) is 5.88. The summed E-state index contributed by atoms with van der Waals surface area (Å²) in [4.78, 5) is 39.8. The molecule has 2 atom stereocenters. The number of anilines is 2. The van der Waals surface area contributed by atoms with Crippen LogP contribution in [0.2, 0.25) is 0 Å². The van der Waals surface area contributed by atoms with E-state index in [-0.39, 0.29) is 36.7 Å². The number of amides is 3. The number of carbonyl (C=O) groups excluding carboxylic acids is 3. The smallest absolute Gasteiger partial charge is 0.255 e. The van der Waals surface area contributed by atoms with Crippen LogP contribution in [0, 0.1) is 12.8 Å². The SMILES string of the molecule is Cc1ccc(NC(=O)c2cccc(N3C[C@@H](C(=O)N[C@H](C)c4ccccc4)CC3=O)c2)cc1. The van der Waals surface area contributed by atoms with Gasteiger partial charge in [0.25, 0.3) is 5.91 Å². The van der Waals surface area contributed by atoms with Crippen molar-refractivity contribution in [3.63, 3.8) is 0 Å². The number of aryl methyl sites for hydroxylation is 1. The fourth-order valence-corrected chi connectivity index (χ4v) is 3.94. The first kappa shape index (κ1) is 22.3. The Morgan fingerprint density at radius 1 is 0.970 bits per heavy atom. The largest absolute Gasteiger partial charge is 0.349 e. The van der Waals surface area contributed by atoms with Gasteiger partial charge in [-0.05, 0) is 49.7 Å². The summed E-state index contributed by atoms with van der Waals surface area (Å²) in [6, 6.07) is 24.1. The summed E-state index contributed by atoms with van der Waals surface area (Å²) in [5.74, 6) is -0.957. The standard InChI is InChI=1S/C27H27N3O3/c1-18-11-13-23(14-12-18)29-26(32)21-9-6-10-24(15-21)30-17-22(16-25(30)31)27(33)28-19(2)20-7-4-3-5-8-20/h3-15,19,22H,16-17H2,1-2H3,(H,28,33)(H,29,32)/t19-,22+/m1/s1. The summed E-state index contributed by atoms with van der Waals surface area (Å²) >= 11 is 0. The maximum Gasteiger partial charge on any atom is 0.255 e. The lowest BCUT2D eigenvalue weighted by molar-refractivity contribution is -0.126. The molecule has 0 saturated carbocycles. The second-order valence-electron chi connectivity index (χ2n) is 8.42. The van der Waals surface area contributed by atoms with Gasteiger partial charge in [0.2, 0.25) is 11.8 Å². The van der Waals surface area contributed by atoms with Crippen LogP contribution < -0.4 is 15.5 Å². The lowest BCUT2D eigenvalue weighted by Crippen LogP contribution is -2.34. The first-order valence-electron chi connectivity index (χ1n) is 11.0. The molecule has 0 bridgehead atoms. The van der Waals surface area contributed by atoms with Crippen molar-refractivity contribution < 1.29 is 14.4 Å². The maximum atomic E-state index is 12.8. The highest BCUT2D eigenvalue weighted by Gasteiger charge is 2.35. The molecule has 3 aromatic carbocycles. The van der Waals surface area contributed by atoms with Gasteiger partial charge in [-0.2, -0.15) is 0 Å². The monoisotopic (exact) mass is 441 g/mol. The van der Waals surface area contributed by atoms with E-state index in [9.17, 15) is 14.4 Å². The molecule has 0 unspecified atom stereocenters. The third kappa shape index (κ3) is 5.29. The molecule has 3 amide bonds. The minimum atomic E-state index is -0.436. The normalized spacial score (nSPS) is 16.4. The van der Waals surface area contributed by atoms with Crippen LogP contribution in [0.1, 0.15) is 40.9 Å². The Balaban J connectivity index is 1.42. The predicted octanol–water partition coefficient (Wildman–Crippen LogP) is 4.48. The molecule has 168 valence electrons. The Labute approximate surface area is 193 Å². The van der Waals surface area contributed by atoms with Gasteiger partial charge in [0, 0.05) is 29.9 Å². The zero-order valence-corrected chi connectivity index (χ0v) is 18.7. The van der Waals surface area contributed by atoms with Crippen LogP contribution in [0.15, 0.2) is 78.9 Å². The van der Waals surface area contributed by atoms with Gasteiger partial charge in [0.15, 0.2) is 0 Å². The number of hydrogen-bond donors (Lipinski definition) is 2. The molecule has 4 rings (SSSR count).